The van der Waals surface area contributed by atoms with Crippen LogP contribution in [0.2, 0.25) is 0 Å². The van der Waals surface area contributed by atoms with Crippen molar-refractivity contribution in [1.29, 1.82) is 0 Å². The number of nitrogens with zero attached hydrogens (tertiary/aromatic N) is 2. The number of amides is 1. The minimum Gasteiger partial charge on any atom is -0.355 e. The summed E-state index contributed by atoms with van der Waals surface area (Å²) >= 11 is 1.49. The van der Waals surface area contributed by atoms with Crippen molar-refractivity contribution in [2.75, 3.05) is 7.05 Å². The Bertz CT molecular complexity index is 833. The molecule has 0 bridgehead atoms. The number of carbonyl (C=O) groups excluding carboxylic acids is 1. The van der Waals surface area contributed by atoms with Crippen molar-refractivity contribution in [3.63, 3.8) is 0 Å². The summed E-state index contributed by atoms with van der Waals surface area (Å²) in [5.41, 5.74) is 1.02. The lowest BCUT2D eigenvalue weighted by Crippen LogP contribution is -2.21. The van der Waals surface area contributed by atoms with E-state index in [0.717, 1.165) is 4.70 Å². The second-order valence-electron chi connectivity index (χ2n) is 4.19. The van der Waals surface area contributed by atoms with Crippen LogP contribution in [0.25, 0.3) is 15.8 Å². The molecule has 3 rings (SSSR count). The lowest BCUT2D eigenvalue weighted by atomic mass is 10.2. The molecule has 0 aliphatic carbocycles. The lowest BCUT2D eigenvalue weighted by Gasteiger charge is -2.05. The van der Waals surface area contributed by atoms with Crippen LogP contribution in [0.5, 0.6) is 0 Å². The molecular formula is C14H11N3O2S. The summed E-state index contributed by atoms with van der Waals surface area (Å²) in [6.45, 7) is 0. The molecule has 1 aromatic carbocycles. The zero-order valence-electron chi connectivity index (χ0n) is 10.7. The quantitative estimate of drug-likeness (QED) is 0.781. The fourth-order valence-corrected chi connectivity index (χ4v) is 2.70. The average Bonchev–Trinajstić information content (AvgIpc) is 2.96. The minimum atomic E-state index is -0.162. The van der Waals surface area contributed by atoms with Crippen LogP contribution < -0.4 is 10.9 Å². The second kappa shape index (κ2) is 4.90. The molecule has 3 aromatic rings. The summed E-state index contributed by atoms with van der Waals surface area (Å²) in [4.78, 5) is 23.8. The summed E-state index contributed by atoms with van der Waals surface area (Å²) in [6.07, 6.45) is 1.67. The van der Waals surface area contributed by atoms with Crippen molar-refractivity contribution in [1.82, 2.24) is 15.1 Å². The van der Waals surface area contributed by atoms with Crippen LogP contribution in [0.15, 0.2) is 46.7 Å². The molecule has 0 aliphatic heterocycles. The van der Waals surface area contributed by atoms with Crippen LogP contribution >= 0.6 is 11.3 Å². The molecule has 1 amide bonds. The van der Waals surface area contributed by atoms with E-state index in [4.69, 9.17) is 0 Å². The molecule has 0 aliphatic rings. The van der Waals surface area contributed by atoms with Gasteiger partial charge in [-0.1, -0.05) is 0 Å². The van der Waals surface area contributed by atoms with Crippen LogP contribution in [-0.4, -0.2) is 22.7 Å². The summed E-state index contributed by atoms with van der Waals surface area (Å²) in [7, 11) is 1.58. The Hall–Kier alpha value is -2.47. The fourth-order valence-electron chi connectivity index (χ4n) is 1.96. The number of carbonyl (C=O) groups is 1. The van der Waals surface area contributed by atoms with Crippen molar-refractivity contribution in [2.24, 2.45) is 0 Å². The highest BCUT2D eigenvalue weighted by atomic mass is 32.1. The number of aromatic nitrogens is 2. The van der Waals surface area contributed by atoms with Crippen molar-refractivity contribution in [3.05, 3.63) is 57.8 Å². The third kappa shape index (κ3) is 2.00. The predicted octanol–water partition coefficient (Wildman–Crippen LogP) is 1.81. The van der Waals surface area contributed by atoms with Gasteiger partial charge in [-0.25, -0.2) is 0 Å². The van der Waals surface area contributed by atoms with E-state index in [1.807, 2.05) is 5.38 Å². The van der Waals surface area contributed by atoms with E-state index >= 15 is 0 Å². The van der Waals surface area contributed by atoms with Gasteiger partial charge in [-0.3, -0.25) is 9.59 Å². The summed E-state index contributed by atoms with van der Waals surface area (Å²) in [5, 5.41) is 9.23. The third-order valence-corrected chi connectivity index (χ3v) is 3.86. The molecule has 1 N–H and O–H groups in total. The van der Waals surface area contributed by atoms with E-state index in [0.29, 0.717) is 16.6 Å². The highest BCUT2D eigenvalue weighted by Gasteiger charge is 2.08. The van der Waals surface area contributed by atoms with Crippen LogP contribution in [0.3, 0.4) is 0 Å². The number of rotatable bonds is 2. The molecule has 20 heavy (non-hydrogen) atoms. The molecule has 0 saturated heterocycles. The molecule has 2 heterocycles. The van der Waals surface area contributed by atoms with E-state index in [-0.39, 0.29) is 11.5 Å². The first-order chi connectivity index (χ1) is 9.70. The molecule has 100 valence electrons. The molecule has 2 aromatic heterocycles. The molecule has 0 radical (unpaired) electrons. The van der Waals surface area contributed by atoms with Gasteiger partial charge in [0.25, 0.3) is 11.5 Å². The largest absolute Gasteiger partial charge is 0.355 e. The van der Waals surface area contributed by atoms with E-state index in [9.17, 15) is 9.59 Å². The highest BCUT2D eigenvalue weighted by molar-refractivity contribution is 7.17. The highest BCUT2D eigenvalue weighted by Crippen LogP contribution is 2.16. The van der Waals surface area contributed by atoms with Crippen LogP contribution in [0.1, 0.15) is 10.4 Å². The van der Waals surface area contributed by atoms with Crippen molar-refractivity contribution < 1.29 is 4.79 Å². The van der Waals surface area contributed by atoms with Gasteiger partial charge < -0.3 is 5.32 Å². The van der Waals surface area contributed by atoms with Crippen molar-refractivity contribution in [2.45, 2.75) is 0 Å². The SMILES string of the molecule is CNC(=O)c1ccc(-n2ncc3sccc3c2=O)cc1. The summed E-state index contributed by atoms with van der Waals surface area (Å²) in [6, 6.07) is 8.54. The van der Waals surface area contributed by atoms with Gasteiger partial charge in [-0.15, -0.1) is 11.3 Å². The van der Waals surface area contributed by atoms with E-state index < -0.39 is 0 Å². The number of nitrogens with one attached hydrogen (secondary N) is 1. The Balaban J connectivity index is 2.09. The first kappa shape index (κ1) is 12.6. The maximum atomic E-state index is 12.3. The number of hydrogen-bond donors (Lipinski definition) is 1. The number of hydrogen-bond acceptors (Lipinski definition) is 4. The van der Waals surface area contributed by atoms with E-state index in [1.165, 1.54) is 16.0 Å². The second-order valence-corrected chi connectivity index (χ2v) is 5.13. The topological polar surface area (TPSA) is 64.0 Å². The molecule has 5 nitrogen and oxygen atoms in total. The zero-order chi connectivity index (χ0) is 14.1. The van der Waals surface area contributed by atoms with Gasteiger partial charge in [0.15, 0.2) is 0 Å². The van der Waals surface area contributed by atoms with Gasteiger partial charge in [0.2, 0.25) is 0 Å². The van der Waals surface area contributed by atoms with Gasteiger partial charge in [0.1, 0.15) is 0 Å². The molecule has 0 saturated carbocycles. The third-order valence-electron chi connectivity index (χ3n) is 3.01. The molecule has 0 unspecified atom stereocenters. The average molecular weight is 285 g/mol. The normalized spacial score (nSPS) is 10.7. The first-order valence-electron chi connectivity index (χ1n) is 5.99. The first-order valence-corrected chi connectivity index (χ1v) is 6.87. The Morgan fingerprint density at radius 3 is 2.70 bits per heavy atom. The van der Waals surface area contributed by atoms with Crippen molar-refractivity contribution >= 4 is 27.3 Å². The van der Waals surface area contributed by atoms with E-state index in [1.54, 1.807) is 43.6 Å². The number of fused-ring (bicyclic) bond motifs is 1. The Morgan fingerprint density at radius 1 is 1.25 bits per heavy atom. The Labute approximate surface area is 118 Å². The lowest BCUT2D eigenvalue weighted by molar-refractivity contribution is 0.0963. The summed E-state index contributed by atoms with van der Waals surface area (Å²) < 4.78 is 2.20. The smallest absolute Gasteiger partial charge is 0.280 e. The Kier molecular flexibility index (Phi) is 3.08. The zero-order valence-corrected chi connectivity index (χ0v) is 11.5. The van der Waals surface area contributed by atoms with Gasteiger partial charge in [-0.2, -0.15) is 9.78 Å². The number of benzene rings is 1. The monoisotopic (exact) mass is 285 g/mol. The maximum Gasteiger partial charge on any atom is 0.280 e. The molecule has 0 atom stereocenters. The Morgan fingerprint density at radius 2 is 2.00 bits per heavy atom. The van der Waals surface area contributed by atoms with Gasteiger partial charge in [0.05, 0.1) is 22.0 Å². The maximum absolute atomic E-state index is 12.3. The van der Waals surface area contributed by atoms with Crippen molar-refractivity contribution in [3.8, 4) is 5.69 Å². The summed E-state index contributed by atoms with van der Waals surface area (Å²) in [5.74, 6) is -0.162. The van der Waals surface area contributed by atoms with Gasteiger partial charge in [0, 0.05) is 12.6 Å². The fraction of sp³-hybridized carbons (Fsp3) is 0.0714. The molecule has 0 spiro atoms. The molecule has 0 fully saturated rings. The minimum absolute atomic E-state index is 0.156. The standard InChI is InChI=1S/C14H11N3O2S/c1-15-13(18)9-2-4-10(5-3-9)17-14(19)11-6-7-20-12(11)8-16-17/h2-8H,1H3,(H,15,18). The van der Waals surface area contributed by atoms with Crippen LogP contribution in [-0.2, 0) is 0 Å². The van der Waals surface area contributed by atoms with Gasteiger partial charge in [-0.05, 0) is 35.7 Å². The van der Waals surface area contributed by atoms with E-state index in [2.05, 4.69) is 10.4 Å². The number of thiophene rings is 1. The molecular weight excluding hydrogens is 274 g/mol. The van der Waals surface area contributed by atoms with Crippen LogP contribution in [0.4, 0.5) is 0 Å². The predicted molar refractivity (Wildman–Crippen MR) is 78.6 cm³/mol. The van der Waals surface area contributed by atoms with Crippen LogP contribution in [0, 0.1) is 0 Å². The molecule has 6 heteroatoms. The van der Waals surface area contributed by atoms with Gasteiger partial charge >= 0.3 is 0 Å².